The molecular weight excluding hydrogens is 284 g/mol. The lowest BCUT2D eigenvalue weighted by Gasteiger charge is -2.07. The standard InChI is InChI=1S/C16H16N2O2S/c1-10-3-2-4-12(7-10)21-9-14-17-8-13(16(19)20)15(18-14)11-5-6-11/h2-4,7-8,11H,5-6,9H2,1H3,(H,19,20). The van der Waals surface area contributed by atoms with Crippen LogP contribution in [0.25, 0.3) is 0 Å². The summed E-state index contributed by atoms with van der Waals surface area (Å²) < 4.78 is 0. The first-order valence-corrected chi connectivity index (χ1v) is 7.90. The zero-order chi connectivity index (χ0) is 14.8. The number of benzene rings is 1. The minimum atomic E-state index is -0.935. The van der Waals surface area contributed by atoms with E-state index in [9.17, 15) is 9.90 Å². The molecule has 1 aliphatic carbocycles. The zero-order valence-corrected chi connectivity index (χ0v) is 12.6. The summed E-state index contributed by atoms with van der Waals surface area (Å²) in [5.74, 6) is 0.730. The Labute approximate surface area is 127 Å². The highest BCUT2D eigenvalue weighted by molar-refractivity contribution is 7.98. The first-order valence-electron chi connectivity index (χ1n) is 6.92. The van der Waals surface area contributed by atoms with Crippen LogP contribution in [0.15, 0.2) is 35.4 Å². The van der Waals surface area contributed by atoms with Gasteiger partial charge in [0.15, 0.2) is 0 Å². The second-order valence-corrected chi connectivity index (χ2v) is 6.32. The number of rotatable bonds is 5. The first kappa shape index (κ1) is 14.1. The number of nitrogens with zero attached hydrogens (tertiary/aromatic N) is 2. The summed E-state index contributed by atoms with van der Waals surface area (Å²) in [7, 11) is 0. The van der Waals surface area contributed by atoms with E-state index in [1.807, 2.05) is 6.07 Å². The van der Waals surface area contributed by atoms with Crippen LogP contribution in [0.2, 0.25) is 0 Å². The SMILES string of the molecule is Cc1cccc(SCc2ncc(C(=O)O)c(C3CC3)n2)c1. The third kappa shape index (κ3) is 3.42. The minimum absolute atomic E-state index is 0.252. The molecule has 2 aromatic rings. The van der Waals surface area contributed by atoms with Crippen molar-refractivity contribution in [3.63, 3.8) is 0 Å². The van der Waals surface area contributed by atoms with E-state index < -0.39 is 5.97 Å². The van der Waals surface area contributed by atoms with E-state index in [0.29, 0.717) is 23.2 Å². The summed E-state index contributed by atoms with van der Waals surface area (Å²) in [5.41, 5.74) is 2.18. The number of hydrogen-bond donors (Lipinski definition) is 1. The largest absolute Gasteiger partial charge is 0.478 e. The Morgan fingerprint density at radius 2 is 2.24 bits per heavy atom. The second kappa shape index (κ2) is 5.85. The fourth-order valence-electron chi connectivity index (χ4n) is 2.19. The van der Waals surface area contributed by atoms with Crippen LogP contribution in [-0.2, 0) is 5.75 Å². The summed E-state index contributed by atoms with van der Waals surface area (Å²) in [5, 5.41) is 9.19. The molecule has 1 aromatic heterocycles. The molecule has 0 amide bonds. The van der Waals surface area contributed by atoms with Gasteiger partial charge in [-0.05, 0) is 31.9 Å². The lowest BCUT2D eigenvalue weighted by atomic mass is 10.1. The molecule has 1 aliphatic rings. The summed E-state index contributed by atoms with van der Waals surface area (Å²) in [6, 6.07) is 8.28. The van der Waals surface area contributed by atoms with Gasteiger partial charge in [-0.25, -0.2) is 14.8 Å². The molecule has 1 saturated carbocycles. The van der Waals surface area contributed by atoms with E-state index in [-0.39, 0.29) is 5.56 Å². The maximum absolute atomic E-state index is 11.2. The molecule has 1 aromatic carbocycles. The number of hydrogen-bond acceptors (Lipinski definition) is 4. The van der Waals surface area contributed by atoms with Gasteiger partial charge in [0.25, 0.3) is 0 Å². The molecule has 0 spiro atoms. The van der Waals surface area contributed by atoms with Gasteiger partial charge < -0.3 is 5.11 Å². The number of carboxylic acid groups (broad SMARTS) is 1. The molecule has 0 atom stereocenters. The fraction of sp³-hybridized carbons (Fsp3) is 0.312. The lowest BCUT2D eigenvalue weighted by Crippen LogP contribution is -2.07. The van der Waals surface area contributed by atoms with Crippen LogP contribution in [0.4, 0.5) is 0 Å². The number of carbonyl (C=O) groups is 1. The molecule has 0 radical (unpaired) electrons. The summed E-state index contributed by atoms with van der Waals surface area (Å²) in [6.07, 6.45) is 3.51. The van der Waals surface area contributed by atoms with Gasteiger partial charge in [0.05, 0.1) is 17.0 Å². The van der Waals surface area contributed by atoms with E-state index in [4.69, 9.17) is 0 Å². The number of aromatic nitrogens is 2. The maximum Gasteiger partial charge on any atom is 0.339 e. The van der Waals surface area contributed by atoms with Gasteiger partial charge >= 0.3 is 5.97 Å². The molecule has 0 saturated heterocycles. The van der Waals surface area contributed by atoms with Crippen molar-refractivity contribution in [1.29, 1.82) is 0 Å². The van der Waals surface area contributed by atoms with E-state index in [0.717, 1.165) is 12.8 Å². The molecule has 108 valence electrons. The van der Waals surface area contributed by atoms with Crippen LogP contribution in [0.1, 0.15) is 46.2 Å². The first-order chi connectivity index (χ1) is 10.1. The molecule has 3 rings (SSSR count). The van der Waals surface area contributed by atoms with Gasteiger partial charge in [-0.1, -0.05) is 17.7 Å². The highest BCUT2D eigenvalue weighted by Crippen LogP contribution is 2.40. The number of aromatic carboxylic acids is 1. The molecular formula is C16H16N2O2S. The fourth-order valence-corrected chi connectivity index (χ4v) is 3.07. The molecule has 4 nitrogen and oxygen atoms in total. The Morgan fingerprint density at radius 1 is 1.43 bits per heavy atom. The van der Waals surface area contributed by atoms with Gasteiger partial charge in [0, 0.05) is 17.0 Å². The van der Waals surface area contributed by atoms with Crippen LogP contribution >= 0.6 is 11.8 Å². The normalized spacial score (nSPS) is 14.1. The van der Waals surface area contributed by atoms with Gasteiger partial charge in [-0.15, -0.1) is 11.8 Å². The van der Waals surface area contributed by atoms with Crippen molar-refractivity contribution in [2.75, 3.05) is 0 Å². The smallest absolute Gasteiger partial charge is 0.339 e. The van der Waals surface area contributed by atoms with Crippen LogP contribution in [0.3, 0.4) is 0 Å². The molecule has 0 aliphatic heterocycles. The van der Waals surface area contributed by atoms with Crippen LogP contribution in [-0.4, -0.2) is 21.0 Å². The molecule has 1 heterocycles. The summed E-state index contributed by atoms with van der Waals surface area (Å²) >= 11 is 1.67. The topological polar surface area (TPSA) is 63.1 Å². The molecule has 21 heavy (non-hydrogen) atoms. The van der Waals surface area contributed by atoms with E-state index >= 15 is 0 Å². The van der Waals surface area contributed by atoms with E-state index in [2.05, 4.69) is 35.1 Å². The van der Waals surface area contributed by atoms with E-state index in [1.54, 1.807) is 11.8 Å². The van der Waals surface area contributed by atoms with E-state index in [1.165, 1.54) is 16.7 Å². The minimum Gasteiger partial charge on any atom is -0.478 e. The van der Waals surface area contributed by atoms with Crippen molar-refractivity contribution in [2.24, 2.45) is 0 Å². The predicted octanol–water partition coefficient (Wildman–Crippen LogP) is 3.65. The quantitative estimate of drug-likeness (QED) is 0.854. The van der Waals surface area contributed by atoms with Crippen molar-refractivity contribution in [1.82, 2.24) is 9.97 Å². The molecule has 5 heteroatoms. The van der Waals surface area contributed by atoms with Crippen molar-refractivity contribution in [3.8, 4) is 0 Å². The number of aryl methyl sites for hydroxylation is 1. The molecule has 0 unspecified atom stereocenters. The monoisotopic (exact) mass is 300 g/mol. The maximum atomic E-state index is 11.2. The summed E-state index contributed by atoms with van der Waals surface area (Å²) in [6.45, 7) is 2.06. The Hall–Kier alpha value is -1.88. The third-order valence-corrected chi connectivity index (χ3v) is 4.41. The second-order valence-electron chi connectivity index (χ2n) is 5.27. The van der Waals surface area contributed by atoms with Crippen molar-refractivity contribution >= 4 is 17.7 Å². The summed E-state index contributed by atoms with van der Waals surface area (Å²) in [4.78, 5) is 21.0. The Balaban J connectivity index is 1.77. The Kier molecular flexibility index (Phi) is 3.92. The Bertz CT molecular complexity index is 684. The average molecular weight is 300 g/mol. The predicted molar refractivity (Wildman–Crippen MR) is 81.7 cm³/mol. The van der Waals surface area contributed by atoms with Gasteiger partial charge in [-0.3, -0.25) is 0 Å². The zero-order valence-electron chi connectivity index (χ0n) is 11.7. The highest BCUT2D eigenvalue weighted by atomic mass is 32.2. The third-order valence-electron chi connectivity index (χ3n) is 3.42. The highest BCUT2D eigenvalue weighted by Gasteiger charge is 2.30. The van der Waals surface area contributed by atoms with Crippen LogP contribution in [0, 0.1) is 6.92 Å². The van der Waals surface area contributed by atoms with Crippen molar-refractivity contribution < 1.29 is 9.90 Å². The molecule has 0 bridgehead atoms. The van der Waals surface area contributed by atoms with Gasteiger partial charge in [-0.2, -0.15) is 0 Å². The Morgan fingerprint density at radius 3 is 2.90 bits per heavy atom. The van der Waals surface area contributed by atoms with Gasteiger partial charge in [0.2, 0.25) is 0 Å². The molecule has 1 N–H and O–H groups in total. The number of carboxylic acids is 1. The average Bonchev–Trinajstić information content (AvgIpc) is 3.29. The number of thioether (sulfide) groups is 1. The van der Waals surface area contributed by atoms with Crippen LogP contribution in [0.5, 0.6) is 0 Å². The van der Waals surface area contributed by atoms with Crippen molar-refractivity contribution in [3.05, 3.63) is 53.1 Å². The van der Waals surface area contributed by atoms with Crippen molar-refractivity contribution in [2.45, 2.75) is 36.3 Å². The molecule has 1 fully saturated rings. The van der Waals surface area contributed by atoms with Gasteiger partial charge in [0.1, 0.15) is 5.82 Å². The van der Waals surface area contributed by atoms with Crippen LogP contribution < -0.4 is 0 Å². The lowest BCUT2D eigenvalue weighted by molar-refractivity contribution is 0.0694.